The van der Waals surface area contributed by atoms with Crippen molar-refractivity contribution in [2.45, 2.75) is 38.1 Å². The van der Waals surface area contributed by atoms with E-state index in [4.69, 9.17) is 5.73 Å². The summed E-state index contributed by atoms with van der Waals surface area (Å²) >= 11 is 3.70. The van der Waals surface area contributed by atoms with E-state index in [0.717, 1.165) is 45.0 Å². The van der Waals surface area contributed by atoms with Gasteiger partial charge in [-0.15, -0.1) is 0 Å². The zero-order chi connectivity index (χ0) is 19.7. The fourth-order valence-electron chi connectivity index (χ4n) is 4.36. The minimum Gasteiger partial charge on any atom is -0.330 e. The van der Waals surface area contributed by atoms with Gasteiger partial charge >= 0.3 is 0 Å². The van der Waals surface area contributed by atoms with Gasteiger partial charge in [-0.3, -0.25) is 14.8 Å². The molecular formula is C22H23BrN4O. The smallest absolute Gasteiger partial charge is 0.238 e. The first kappa shape index (κ1) is 19.0. The third kappa shape index (κ3) is 2.91. The van der Waals surface area contributed by atoms with E-state index in [9.17, 15) is 4.79 Å². The monoisotopic (exact) mass is 438 g/mol. The number of pyridine rings is 2. The minimum absolute atomic E-state index is 0.102. The number of amides is 1. The number of carbonyl (C=O) groups is 1. The molecule has 3 aromatic rings. The Morgan fingerprint density at radius 3 is 2.79 bits per heavy atom. The lowest BCUT2D eigenvalue weighted by Crippen LogP contribution is -2.41. The highest BCUT2D eigenvalue weighted by molar-refractivity contribution is 9.10. The van der Waals surface area contributed by atoms with Crippen molar-refractivity contribution in [1.29, 1.82) is 0 Å². The van der Waals surface area contributed by atoms with Crippen molar-refractivity contribution in [2.75, 3.05) is 11.4 Å². The Bertz CT molecular complexity index is 1030. The average Bonchev–Trinajstić information content (AvgIpc) is 2.94. The maximum absolute atomic E-state index is 13.6. The molecular weight excluding hydrogens is 416 g/mol. The van der Waals surface area contributed by atoms with Crippen LogP contribution in [0, 0.1) is 0 Å². The van der Waals surface area contributed by atoms with Crippen LogP contribution in [0.5, 0.6) is 0 Å². The Balaban J connectivity index is 1.79. The number of halogens is 1. The van der Waals surface area contributed by atoms with Gasteiger partial charge in [0.1, 0.15) is 0 Å². The molecule has 5 nitrogen and oxygen atoms in total. The van der Waals surface area contributed by atoms with Crippen molar-refractivity contribution < 1.29 is 4.79 Å². The number of benzene rings is 1. The van der Waals surface area contributed by atoms with Gasteiger partial charge in [-0.1, -0.05) is 37.6 Å². The van der Waals surface area contributed by atoms with E-state index in [1.165, 1.54) is 0 Å². The maximum Gasteiger partial charge on any atom is 0.238 e. The van der Waals surface area contributed by atoms with Gasteiger partial charge in [0.2, 0.25) is 5.91 Å². The number of nitrogens with two attached hydrogens (primary N) is 1. The lowest BCUT2D eigenvalue weighted by atomic mass is 9.75. The highest BCUT2D eigenvalue weighted by Gasteiger charge is 2.49. The Labute approximate surface area is 173 Å². The van der Waals surface area contributed by atoms with E-state index in [1.54, 1.807) is 12.4 Å². The first-order valence-corrected chi connectivity index (χ1v) is 10.4. The molecule has 1 unspecified atom stereocenters. The van der Waals surface area contributed by atoms with E-state index in [-0.39, 0.29) is 5.91 Å². The lowest BCUT2D eigenvalue weighted by Gasteiger charge is -2.28. The zero-order valence-corrected chi connectivity index (χ0v) is 17.4. The average molecular weight is 439 g/mol. The van der Waals surface area contributed by atoms with E-state index < -0.39 is 5.41 Å². The van der Waals surface area contributed by atoms with Gasteiger partial charge in [-0.05, 0) is 52.3 Å². The molecule has 28 heavy (non-hydrogen) atoms. The van der Waals surface area contributed by atoms with Crippen LogP contribution in [0.4, 0.5) is 5.69 Å². The van der Waals surface area contributed by atoms with Gasteiger partial charge in [-0.25, -0.2) is 0 Å². The second-order valence-electron chi connectivity index (χ2n) is 7.26. The van der Waals surface area contributed by atoms with Crippen molar-refractivity contribution >= 4 is 38.3 Å². The van der Waals surface area contributed by atoms with Crippen LogP contribution in [0.25, 0.3) is 10.8 Å². The Hall–Kier alpha value is -2.31. The number of rotatable bonds is 6. The van der Waals surface area contributed by atoms with E-state index in [1.807, 2.05) is 35.4 Å². The van der Waals surface area contributed by atoms with Gasteiger partial charge < -0.3 is 10.6 Å². The molecule has 0 radical (unpaired) electrons. The Morgan fingerprint density at radius 2 is 2.00 bits per heavy atom. The molecule has 0 saturated carbocycles. The van der Waals surface area contributed by atoms with Crippen LogP contribution in [-0.4, -0.2) is 22.4 Å². The second-order valence-corrected chi connectivity index (χ2v) is 8.05. The van der Waals surface area contributed by atoms with Gasteiger partial charge in [0.05, 0.1) is 29.5 Å². The Kier molecular flexibility index (Phi) is 5.17. The molecule has 1 aliphatic rings. The summed E-state index contributed by atoms with van der Waals surface area (Å²) in [5.74, 6) is 0.102. The molecule has 3 heterocycles. The summed E-state index contributed by atoms with van der Waals surface area (Å²) in [6.45, 7) is 2.98. The SMILES string of the molecule is CCCC1(CCN)C(=O)N(Cc2ncc3ccccc3c2Br)c2cnccc21. The third-order valence-corrected chi connectivity index (χ3v) is 6.51. The van der Waals surface area contributed by atoms with Crippen molar-refractivity contribution in [3.8, 4) is 0 Å². The van der Waals surface area contributed by atoms with Crippen molar-refractivity contribution in [2.24, 2.45) is 5.73 Å². The van der Waals surface area contributed by atoms with Crippen molar-refractivity contribution in [1.82, 2.24) is 9.97 Å². The summed E-state index contributed by atoms with van der Waals surface area (Å²) in [7, 11) is 0. The number of aromatic nitrogens is 2. The number of fused-ring (bicyclic) bond motifs is 2. The Morgan fingerprint density at radius 1 is 1.18 bits per heavy atom. The highest BCUT2D eigenvalue weighted by atomic mass is 79.9. The van der Waals surface area contributed by atoms with Crippen LogP contribution in [0.3, 0.4) is 0 Å². The summed E-state index contributed by atoms with van der Waals surface area (Å²) in [5, 5.41) is 2.16. The summed E-state index contributed by atoms with van der Waals surface area (Å²) in [4.78, 5) is 24.4. The number of anilines is 1. The molecule has 0 bridgehead atoms. The van der Waals surface area contributed by atoms with Gasteiger partial charge in [0.25, 0.3) is 0 Å². The predicted molar refractivity (Wildman–Crippen MR) is 115 cm³/mol. The molecule has 1 aliphatic heterocycles. The molecule has 2 aromatic heterocycles. The molecule has 6 heteroatoms. The summed E-state index contributed by atoms with van der Waals surface area (Å²) in [5.41, 5.74) is 8.10. The molecule has 1 aromatic carbocycles. The molecule has 2 N–H and O–H groups in total. The van der Waals surface area contributed by atoms with E-state index >= 15 is 0 Å². The number of hydrogen-bond donors (Lipinski definition) is 1. The molecule has 1 amide bonds. The van der Waals surface area contributed by atoms with E-state index in [2.05, 4.69) is 38.9 Å². The highest BCUT2D eigenvalue weighted by Crippen LogP contribution is 2.47. The molecule has 0 saturated heterocycles. The zero-order valence-electron chi connectivity index (χ0n) is 15.9. The van der Waals surface area contributed by atoms with Crippen molar-refractivity contribution in [3.05, 3.63) is 64.7 Å². The standard InChI is InChI=1S/C22H23BrN4O/c1-2-8-22(9-10-24)17-7-11-25-13-19(17)27(21(22)28)14-18-20(23)16-6-4-3-5-15(16)12-26-18/h3-7,11-13H,2,8-10,14,24H2,1H3. The summed E-state index contributed by atoms with van der Waals surface area (Å²) < 4.78 is 0.927. The topological polar surface area (TPSA) is 72.1 Å². The number of hydrogen-bond acceptors (Lipinski definition) is 4. The fourth-order valence-corrected chi connectivity index (χ4v) is 4.95. The van der Waals surface area contributed by atoms with Crippen LogP contribution in [-0.2, 0) is 16.8 Å². The molecule has 144 valence electrons. The largest absolute Gasteiger partial charge is 0.330 e. The maximum atomic E-state index is 13.6. The van der Waals surface area contributed by atoms with E-state index in [0.29, 0.717) is 19.5 Å². The first-order chi connectivity index (χ1) is 13.6. The van der Waals surface area contributed by atoms with Crippen LogP contribution in [0.15, 0.2) is 53.4 Å². The van der Waals surface area contributed by atoms with Crippen LogP contribution < -0.4 is 10.6 Å². The van der Waals surface area contributed by atoms with Gasteiger partial charge in [0, 0.05) is 22.3 Å². The number of carbonyl (C=O) groups excluding carboxylic acids is 1. The molecule has 0 spiro atoms. The van der Waals surface area contributed by atoms with Crippen LogP contribution in [0.1, 0.15) is 37.4 Å². The molecule has 4 rings (SSSR count). The van der Waals surface area contributed by atoms with Crippen molar-refractivity contribution in [3.63, 3.8) is 0 Å². The summed E-state index contributed by atoms with van der Waals surface area (Å²) in [6, 6.07) is 10.1. The number of nitrogens with zero attached hydrogens (tertiary/aromatic N) is 3. The quantitative estimate of drug-likeness (QED) is 0.621. The predicted octanol–water partition coefficient (Wildman–Crippen LogP) is 4.33. The van der Waals surface area contributed by atoms with Crippen LogP contribution >= 0.6 is 15.9 Å². The van der Waals surface area contributed by atoms with Crippen LogP contribution in [0.2, 0.25) is 0 Å². The second kappa shape index (κ2) is 7.60. The van der Waals surface area contributed by atoms with Gasteiger partial charge in [0.15, 0.2) is 0 Å². The minimum atomic E-state index is -0.564. The molecule has 1 atom stereocenters. The third-order valence-electron chi connectivity index (χ3n) is 5.63. The summed E-state index contributed by atoms with van der Waals surface area (Å²) in [6.07, 6.45) is 7.75. The first-order valence-electron chi connectivity index (χ1n) is 9.61. The normalized spacial score (nSPS) is 18.7. The fraction of sp³-hybridized carbons (Fsp3) is 0.318. The lowest BCUT2D eigenvalue weighted by molar-refractivity contribution is -0.123. The molecule has 0 fully saturated rings. The molecule has 0 aliphatic carbocycles. The van der Waals surface area contributed by atoms with Gasteiger partial charge in [-0.2, -0.15) is 0 Å².